The molecule has 0 aromatic heterocycles. The highest BCUT2D eigenvalue weighted by Crippen LogP contribution is 2.54. The number of fused-ring (bicyclic) bond motifs is 10. The molecule has 0 unspecified atom stereocenters. The second-order valence-electron chi connectivity index (χ2n) is 26.3. The zero-order valence-corrected chi connectivity index (χ0v) is 52.1. The average molecular weight is 1190 g/mol. The molecule has 20 rings (SSSR count). The van der Waals surface area contributed by atoms with Crippen molar-refractivity contribution in [3.8, 4) is 89.0 Å². The fourth-order valence-electron chi connectivity index (χ4n) is 17.3. The van der Waals surface area contributed by atoms with Gasteiger partial charge in [-0.2, -0.15) is 0 Å². The van der Waals surface area contributed by atoms with Crippen molar-refractivity contribution in [1.82, 2.24) is 0 Å². The molecule has 4 heterocycles. The van der Waals surface area contributed by atoms with Gasteiger partial charge in [-0.25, -0.2) is 0 Å². The number of para-hydroxylation sites is 4. The van der Waals surface area contributed by atoms with E-state index in [4.69, 9.17) is 0 Å². The number of hydrogen-bond acceptors (Lipinski definition) is 2. The first-order chi connectivity index (χ1) is 46.5. The van der Waals surface area contributed by atoms with Crippen LogP contribution in [0.2, 0.25) is 0 Å². The summed E-state index contributed by atoms with van der Waals surface area (Å²) in [5, 5.41) is 7.98. The Labute approximate surface area is 548 Å². The molecule has 0 radical (unpaired) electrons. The maximum absolute atomic E-state index is 2.69. The minimum atomic E-state index is -0.0277. The van der Waals surface area contributed by atoms with Crippen molar-refractivity contribution in [2.24, 2.45) is 0 Å². The predicted octanol–water partition coefficient (Wildman–Crippen LogP) is 19.8. The van der Waals surface area contributed by atoms with Gasteiger partial charge in [0, 0.05) is 34.1 Å². The second kappa shape index (κ2) is 20.4. The molecule has 0 atom stereocenters. The van der Waals surface area contributed by atoms with E-state index in [-0.39, 0.29) is 13.4 Å². The molecule has 0 saturated carbocycles. The Morgan fingerprint density at radius 1 is 0.202 bits per heavy atom. The van der Waals surface area contributed by atoms with E-state index < -0.39 is 0 Å². The van der Waals surface area contributed by atoms with E-state index in [2.05, 4.69) is 339 Å². The first-order valence-electron chi connectivity index (χ1n) is 33.0. The summed E-state index contributed by atoms with van der Waals surface area (Å²) < 4.78 is 0. The summed E-state index contributed by atoms with van der Waals surface area (Å²) in [5.41, 5.74) is 37.8. The Bertz CT molecular complexity index is 5730. The Hall–Kier alpha value is -11.7. The lowest BCUT2D eigenvalue weighted by Gasteiger charge is -2.34. The van der Waals surface area contributed by atoms with Gasteiger partial charge in [-0.3, -0.25) is 0 Å². The van der Waals surface area contributed by atoms with Gasteiger partial charge in [0.2, 0.25) is 13.4 Å². The highest BCUT2D eigenvalue weighted by Gasteiger charge is 2.46. The molecule has 16 aromatic carbocycles. The van der Waals surface area contributed by atoms with Gasteiger partial charge in [-0.05, 0) is 226 Å². The lowest BCUT2D eigenvalue weighted by Crippen LogP contribution is -2.53. The number of aryl methyl sites for hydroxylation is 2. The van der Waals surface area contributed by atoms with Gasteiger partial charge in [0.1, 0.15) is 0 Å². The van der Waals surface area contributed by atoms with Crippen LogP contribution in [0.1, 0.15) is 11.1 Å². The van der Waals surface area contributed by atoms with Crippen LogP contribution in [-0.2, 0) is 0 Å². The van der Waals surface area contributed by atoms with Crippen LogP contribution in [0.5, 0.6) is 0 Å². The maximum Gasteiger partial charge on any atom is 0.244 e. The minimum absolute atomic E-state index is 0.0180. The van der Waals surface area contributed by atoms with Gasteiger partial charge in [0.15, 0.2) is 0 Å². The van der Waals surface area contributed by atoms with E-state index in [1.165, 1.54) is 165 Å². The molecule has 0 amide bonds. The van der Waals surface area contributed by atoms with E-state index >= 15 is 0 Å². The topological polar surface area (TPSA) is 6.48 Å². The van der Waals surface area contributed by atoms with Gasteiger partial charge < -0.3 is 9.80 Å². The number of hydrogen-bond donors (Lipinski definition) is 0. The van der Waals surface area contributed by atoms with E-state index in [0.29, 0.717) is 0 Å². The van der Waals surface area contributed by atoms with Gasteiger partial charge in [-0.15, -0.1) is 0 Å². The zero-order valence-electron chi connectivity index (χ0n) is 52.1. The minimum Gasteiger partial charge on any atom is -0.310 e. The molecule has 16 aromatic rings. The van der Waals surface area contributed by atoms with Crippen molar-refractivity contribution in [3.05, 3.63) is 327 Å². The monoisotopic (exact) mass is 1190 g/mol. The van der Waals surface area contributed by atoms with Gasteiger partial charge in [0.25, 0.3) is 0 Å². The van der Waals surface area contributed by atoms with Crippen LogP contribution in [0.3, 0.4) is 0 Å². The zero-order chi connectivity index (χ0) is 61.9. The molecular weight excluding hydrogens is 1130 g/mol. The third-order valence-electron chi connectivity index (χ3n) is 21.1. The fourth-order valence-corrected chi connectivity index (χ4v) is 17.3. The predicted molar refractivity (Wildman–Crippen MR) is 402 cm³/mol. The average Bonchev–Trinajstić information content (AvgIpc) is 1.28. The molecule has 4 heteroatoms. The van der Waals surface area contributed by atoms with Crippen LogP contribution in [0, 0.1) is 13.8 Å². The summed E-state index contributed by atoms with van der Waals surface area (Å²) >= 11 is 0. The van der Waals surface area contributed by atoms with Crippen molar-refractivity contribution < 1.29 is 0 Å². The van der Waals surface area contributed by atoms with Crippen molar-refractivity contribution in [2.45, 2.75) is 13.8 Å². The van der Waals surface area contributed by atoms with Crippen molar-refractivity contribution in [3.63, 3.8) is 0 Å². The largest absolute Gasteiger partial charge is 0.310 e. The van der Waals surface area contributed by atoms with Gasteiger partial charge in [-0.1, -0.05) is 269 Å². The van der Waals surface area contributed by atoms with Crippen LogP contribution in [0.4, 0.5) is 34.1 Å². The summed E-state index contributed by atoms with van der Waals surface area (Å²) in [4.78, 5) is 4.88. The first kappa shape index (κ1) is 53.0. The van der Waals surface area contributed by atoms with E-state index in [0.717, 1.165) is 34.1 Å². The third-order valence-corrected chi connectivity index (χ3v) is 21.1. The summed E-state index contributed by atoms with van der Waals surface area (Å²) in [6.07, 6.45) is 0. The van der Waals surface area contributed by atoms with E-state index in [1.807, 2.05) is 0 Å². The second-order valence-corrected chi connectivity index (χ2v) is 26.3. The SMILES string of the molecule is Cc1ccc2c(c1)-c1cc(N(c3ccccc3)c3ccccc3)cc3c1B2c1cc2c(-c4ccccc4-c4ccccc4)cc4c5c(cc6c(-c7ccccc7-c7ccccc7)cc-3c1c6c25)B1c2ccc(N(c3ccccc3)c3ccccc3)cc2-c2cc(C)cc-4c21. The van der Waals surface area contributed by atoms with Crippen LogP contribution in [0.15, 0.2) is 315 Å². The molecule has 0 saturated heterocycles. The molecule has 0 spiro atoms. The standard InChI is InChI=1S/C90H58B2N2/c1-55-41-43-81-71(45-55)79-49-64(94(61-33-17-7-18-34-61)62-35-19-8-20-36-62)50-80-74-52-70(68-40-24-22-38-66(68)58-27-11-4-12-28-58)76-53-83-85-73(51-69(67-39-23-21-37-65(67)57-25-9-3-10-26-57)75-54-84(91(81)90(79)80)86(74)88(76)87(75)85)78-47-56(2)46-77-72-48-63(42-44-82(72)92(83)89(77)78)93(59-29-13-5-14-30-59)60-31-15-6-16-32-60/h3-54H,1-2H3. The normalized spacial score (nSPS) is 12.5. The number of benzene rings is 16. The molecule has 0 fully saturated rings. The lowest BCUT2D eigenvalue weighted by molar-refractivity contribution is 1.29. The molecule has 2 nitrogen and oxygen atoms in total. The number of anilines is 6. The quantitative estimate of drug-likeness (QED) is 0.0995. The molecule has 4 aliphatic rings. The summed E-state index contributed by atoms with van der Waals surface area (Å²) in [7, 11) is 0. The Morgan fingerprint density at radius 3 is 1.00 bits per heavy atom. The van der Waals surface area contributed by atoms with Crippen molar-refractivity contribution in [1.29, 1.82) is 0 Å². The van der Waals surface area contributed by atoms with Gasteiger partial charge in [0.05, 0.1) is 0 Å². The Balaban J connectivity index is 0.958. The molecule has 94 heavy (non-hydrogen) atoms. The van der Waals surface area contributed by atoms with Crippen LogP contribution >= 0.6 is 0 Å². The highest BCUT2D eigenvalue weighted by atomic mass is 15.1. The third kappa shape index (κ3) is 7.68. The van der Waals surface area contributed by atoms with Crippen LogP contribution in [-0.4, -0.2) is 13.4 Å². The lowest BCUT2D eigenvalue weighted by atomic mass is 9.34. The Kier molecular flexibility index (Phi) is 11.5. The molecule has 0 aliphatic carbocycles. The smallest absolute Gasteiger partial charge is 0.244 e. The van der Waals surface area contributed by atoms with E-state index in [1.54, 1.807) is 0 Å². The first-order valence-corrected chi connectivity index (χ1v) is 33.0. The summed E-state index contributed by atoms with van der Waals surface area (Å²) in [5.74, 6) is 0. The maximum atomic E-state index is 2.69. The number of rotatable bonds is 10. The van der Waals surface area contributed by atoms with Crippen LogP contribution in [0.25, 0.3) is 121 Å². The highest BCUT2D eigenvalue weighted by molar-refractivity contribution is 7.03. The molecule has 4 aliphatic heterocycles. The fraction of sp³-hybridized carbons (Fsp3) is 0.0222. The molecule has 0 bridgehead atoms. The summed E-state index contributed by atoms with van der Waals surface area (Å²) in [6.45, 7) is 4.52. The van der Waals surface area contributed by atoms with Crippen LogP contribution < -0.4 is 42.6 Å². The number of nitrogens with zero attached hydrogens (tertiary/aromatic N) is 2. The molecule has 434 valence electrons. The summed E-state index contributed by atoms with van der Waals surface area (Å²) in [6, 6.07) is 120. The van der Waals surface area contributed by atoms with E-state index in [9.17, 15) is 0 Å². The van der Waals surface area contributed by atoms with Crippen molar-refractivity contribution >= 4 is 113 Å². The molecular formula is C90H58B2N2. The van der Waals surface area contributed by atoms with Crippen molar-refractivity contribution in [2.75, 3.05) is 9.80 Å². The molecule has 0 N–H and O–H groups in total. The Morgan fingerprint density at radius 2 is 0.543 bits per heavy atom. The van der Waals surface area contributed by atoms with Gasteiger partial charge >= 0.3 is 0 Å².